The van der Waals surface area contributed by atoms with E-state index in [9.17, 15) is 13.6 Å². The first-order chi connectivity index (χ1) is 8.99. The zero-order valence-electron chi connectivity index (χ0n) is 10.9. The molecular formula is C13H19NO4S. The minimum absolute atomic E-state index is 0.0575. The Morgan fingerprint density at radius 3 is 2.79 bits per heavy atom. The molecule has 0 amide bonds. The maximum absolute atomic E-state index is 11.4. The van der Waals surface area contributed by atoms with Crippen LogP contribution in [0.4, 0.5) is 0 Å². The van der Waals surface area contributed by atoms with Crippen LogP contribution in [0.25, 0.3) is 0 Å². The second-order valence-corrected chi connectivity index (χ2v) is 5.30. The van der Waals surface area contributed by atoms with Gasteiger partial charge >= 0.3 is 5.97 Å². The summed E-state index contributed by atoms with van der Waals surface area (Å²) in [5.41, 5.74) is 1.63. The molecule has 1 rings (SSSR count). The third kappa shape index (κ3) is 4.33. The van der Waals surface area contributed by atoms with Crippen LogP contribution in [-0.2, 0) is 16.1 Å². The summed E-state index contributed by atoms with van der Waals surface area (Å²) in [5, 5.41) is 8.72. The van der Waals surface area contributed by atoms with E-state index < -0.39 is 17.2 Å². The first kappa shape index (κ1) is 15.7. The van der Waals surface area contributed by atoms with Crippen LogP contribution in [0.3, 0.4) is 0 Å². The van der Waals surface area contributed by atoms with E-state index in [4.69, 9.17) is 5.11 Å². The summed E-state index contributed by atoms with van der Waals surface area (Å²) in [6, 6.07) is 0. The van der Waals surface area contributed by atoms with Crippen molar-refractivity contribution in [2.75, 3.05) is 6.54 Å². The lowest BCUT2D eigenvalue weighted by molar-refractivity contribution is -0.137. The third-order valence-corrected chi connectivity index (χ3v) is 3.80. The van der Waals surface area contributed by atoms with Crippen LogP contribution in [0, 0.1) is 5.92 Å². The maximum atomic E-state index is 11.4. The van der Waals surface area contributed by atoms with Crippen molar-refractivity contribution in [2.45, 2.75) is 26.2 Å². The van der Waals surface area contributed by atoms with Gasteiger partial charge in [0.1, 0.15) is 0 Å². The number of nitrogens with zero attached hydrogens (tertiary/aromatic N) is 1. The molecule has 19 heavy (non-hydrogen) atoms. The Labute approximate surface area is 115 Å². The number of hydrogen-bond donors (Lipinski definition) is 2. The van der Waals surface area contributed by atoms with Gasteiger partial charge in [-0.1, -0.05) is 24.8 Å². The average Bonchev–Trinajstić information content (AvgIpc) is 2.36. The molecule has 106 valence electrons. The Kier molecular flexibility index (Phi) is 5.98. The zero-order valence-corrected chi connectivity index (χ0v) is 11.7. The second-order valence-electron chi connectivity index (χ2n) is 4.40. The molecule has 0 spiro atoms. The van der Waals surface area contributed by atoms with E-state index in [0.717, 1.165) is 5.57 Å². The van der Waals surface area contributed by atoms with Crippen LogP contribution in [0.5, 0.6) is 0 Å². The van der Waals surface area contributed by atoms with Crippen molar-refractivity contribution < 1.29 is 18.7 Å². The predicted octanol–water partition coefficient (Wildman–Crippen LogP) is 2.33. The Balaban J connectivity index is 2.92. The summed E-state index contributed by atoms with van der Waals surface area (Å²) < 4.78 is 22.1. The fourth-order valence-electron chi connectivity index (χ4n) is 2.27. The van der Waals surface area contributed by atoms with Gasteiger partial charge in [0.25, 0.3) is 11.3 Å². The fraction of sp³-hybridized carbons (Fsp3) is 0.462. The van der Waals surface area contributed by atoms with Gasteiger partial charge in [0.15, 0.2) is 0 Å². The van der Waals surface area contributed by atoms with Crippen molar-refractivity contribution >= 4 is 17.2 Å². The normalized spacial score (nSPS) is 25.6. The van der Waals surface area contributed by atoms with Gasteiger partial charge in [0.2, 0.25) is 0 Å². The highest BCUT2D eigenvalue weighted by Gasteiger charge is 2.29. The summed E-state index contributed by atoms with van der Waals surface area (Å²) in [7, 11) is 0. The minimum Gasteiger partial charge on any atom is -0.481 e. The number of carbonyl (C=O) groups is 1. The fourth-order valence-corrected chi connectivity index (χ4v) is 3.00. The topological polar surface area (TPSA) is 77.8 Å². The van der Waals surface area contributed by atoms with Gasteiger partial charge < -0.3 is 5.11 Å². The lowest BCUT2D eigenvalue weighted by atomic mass is 9.89. The van der Waals surface area contributed by atoms with Crippen molar-refractivity contribution in [1.82, 2.24) is 4.31 Å². The van der Waals surface area contributed by atoms with Crippen molar-refractivity contribution in [2.24, 2.45) is 5.92 Å². The molecule has 1 heterocycles. The van der Waals surface area contributed by atoms with Crippen LogP contribution in [0.1, 0.15) is 26.2 Å². The molecule has 1 fully saturated rings. The van der Waals surface area contributed by atoms with E-state index in [1.54, 1.807) is 12.2 Å². The van der Waals surface area contributed by atoms with E-state index in [2.05, 4.69) is 6.58 Å². The number of carboxylic acid groups (broad SMARTS) is 1. The zero-order chi connectivity index (χ0) is 14.4. The van der Waals surface area contributed by atoms with E-state index in [1.165, 1.54) is 4.31 Å². The number of carboxylic acids is 1. The van der Waals surface area contributed by atoms with E-state index in [0.29, 0.717) is 25.1 Å². The molecule has 6 heteroatoms. The number of allylic oxidation sites excluding steroid dienone is 4. The molecule has 0 saturated carbocycles. The van der Waals surface area contributed by atoms with Crippen LogP contribution in [-0.4, -0.2) is 30.7 Å². The van der Waals surface area contributed by atoms with Crippen molar-refractivity contribution in [3.05, 3.63) is 36.1 Å². The van der Waals surface area contributed by atoms with E-state index in [-0.39, 0.29) is 12.3 Å². The average molecular weight is 285 g/mol. The molecule has 0 bridgehead atoms. The van der Waals surface area contributed by atoms with Gasteiger partial charge in [-0.15, -0.1) is 0 Å². The summed E-state index contributed by atoms with van der Waals surface area (Å²) in [6.45, 7) is 5.84. The van der Waals surface area contributed by atoms with Crippen molar-refractivity contribution in [3.63, 3.8) is 0 Å². The second kappa shape index (κ2) is 7.25. The van der Waals surface area contributed by atoms with Gasteiger partial charge in [-0.3, -0.25) is 13.7 Å². The monoisotopic (exact) mass is 285 g/mol. The highest BCUT2D eigenvalue weighted by molar-refractivity contribution is 7.76. The Hall–Kier alpha value is -1.40. The van der Waals surface area contributed by atoms with Gasteiger partial charge in [0.05, 0.1) is 5.70 Å². The largest absolute Gasteiger partial charge is 0.481 e. The molecule has 5 nitrogen and oxygen atoms in total. The van der Waals surface area contributed by atoms with Gasteiger partial charge in [0, 0.05) is 13.0 Å². The molecular weight excluding hydrogens is 266 g/mol. The minimum atomic E-state index is -2.10. The Bertz CT molecular complexity index is 442. The molecule has 1 aliphatic heterocycles. The van der Waals surface area contributed by atoms with Crippen molar-refractivity contribution in [1.29, 1.82) is 0 Å². The molecule has 2 N–H and O–H groups in total. The van der Waals surface area contributed by atoms with Crippen molar-refractivity contribution in [3.8, 4) is 0 Å². The number of aliphatic carboxylic acids is 1. The molecule has 1 saturated heterocycles. The van der Waals surface area contributed by atoms with Crippen LogP contribution >= 0.6 is 0 Å². The molecule has 1 aliphatic rings. The highest BCUT2D eigenvalue weighted by atomic mass is 32.2. The first-order valence-corrected chi connectivity index (χ1v) is 7.14. The molecule has 2 atom stereocenters. The van der Waals surface area contributed by atoms with Gasteiger partial charge in [-0.25, -0.2) is 4.21 Å². The number of rotatable bonds is 5. The maximum Gasteiger partial charge on any atom is 0.303 e. The molecule has 0 aromatic carbocycles. The van der Waals surface area contributed by atoms with Gasteiger partial charge in [-0.2, -0.15) is 0 Å². The molecule has 0 aromatic heterocycles. The number of piperidine rings is 1. The quantitative estimate of drug-likeness (QED) is 0.760. The summed E-state index contributed by atoms with van der Waals surface area (Å²) in [5.74, 6) is -0.787. The van der Waals surface area contributed by atoms with E-state index in [1.807, 2.05) is 13.0 Å². The first-order valence-electron chi connectivity index (χ1n) is 6.08. The summed E-state index contributed by atoms with van der Waals surface area (Å²) >= 11 is -2.10. The summed E-state index contributed by atoms with van der Waals surface area (Å²) in [4.78, 5) is 10.6. The third-order valence-electron chi connectivity index (χ3n) is 3.08. The Morgan fingerprint density at radius 2 is 2.32 bits per heavy atom. The van der Waals surface area contributed by atoms with Crippen LogP contribution in [0.15, 0.2) is 36.1 Å². The molecule has 0 radical (unpaired) electrons. The lowest BCUT2D eigenvalue weighted by Crippen LogP contribution is -2.36. The SMILES string of the molecule is C=C/C=C1/C[C@@H](CCC(=O)O)CN(S(=O)O)/C1=C/C. The predicted molar refractivity (Wildman–Crippen MR) is 74.5 cm³/mol. The molecule has 0 aliphatic carbocycles. The smallest absolute Gasteiger partial charge is 0.303 e. The lowest BCUT2D eigenvalue weighted by Gasteiger charge is -2.35. The van der Waals surface area contributed by atoms with E-state index >= 15 is 0 Å². The van der Waals surface area contributed by atoms with Crippen LogP contribution < -0.4 is 0 Å². The molecule has 0 aromatic rings. The Morgan fingerprint density at radius 1 is 1.63 bits per heavy atom. The number of hydrogen-bond acceptors (Lipinski definition) is 2. The summed E-state index contributed by atoms with van der Waals surface area (Å²) in [6.07, 6.45) is 6.50. The highest BCUT2D eigenvalue weighted by Crippen LogP contribution is 2.33. The van der Waals surface area contributed by atoms with Crippen LogP contribution in [0.2, 0.25) is 0 Å². The molecule has 1 unspecified atom stereocenters. The van der Waals surface area contributed by atoms with Gasteiger partial charge in [-0.05, 0) is 31.3 Å². The standard InChI is InChI=1S/C13H19NO4S/c1-3-5-11-8-10(6-7-13(15)16)9-14(19(17)18)12(11)4-2/h3-5,10H,1,6-9H2,2H3,(H,15,16)(H,17,18)/b11-5-,12-4+/t10-/m1/s1.